The summed E-state index contributed by atoms with van der Waals surface area (Å²) in [4.78, 5) is 27.4. The van der Waals surface area contributed by atoms with E-state index in [0.717, 1.165) is 25.0 Å². The van der Waals surface area contributed by atoms with Crippen LogP contribution >= 0.6 is 0 Å². The Balaban J connectivity index is 1.78. The largest absolute Gasteiger partial charge is 0.477 e. The predicted octanol–water partition coefficient (Wildman–Crippen LogP) is 2.68. The molecule has 2 atom stereocenters. The van der Waals surface area contributed by atoms with Crippen LogP contribution < -0.4 is 5.32 Å². The third kappa shape index (κ3) is 4.42. The highest BCUT2D eigenvalue weighted by Gasteiger charge is 2.24. The molecule has 1 amide bonds. The van der Waals surface area contributed by atoms with E-state index in [1.54, 1.807) is 0 Å². The monoisotopic (exact) mass is 340 g/mol. The number of amides is 1. The summed E-state index contributed by atoms with van der Waals surface area (Å²) in [7, 11) is 0. The Hall–Kier alpha value is -2.73. The van der Waals surface area contributed by atoms with Crippen LogP contribution in [0.15, 0.2) is 48.7 Å². The van der Waals surface area contributed by atoms with Crippen molar-refractivity contribution in [1.29, 1.82) is 0 Å². The van der Waals surface area contributed by atoms with Gasteiger partial charge in [-0.3, -0.25) is 4.79 Å². The Bertz CT molecular complexity index is 742. The van der Waals surface area contributed by atoms with Gasteiger partial charge in [0.15, 0.2) is 0 Å². The van der Waals surface area contributed by atoms with Crippen LogP contribution in [-0.4, -0.2) is 35.2 Å². The van der Waals surface area contributed by atoms with Crippen molar-refractivity contribution in [2.75, 3.05) is 13.2 Å². The number of pyridine rings is 1. The molecule has 130 valence electrons. The maximum Gasteiger partial charge on any atom is 0.354 e. The van der Waals surface area contributed by atoms with Gasteiger partial charge in [0.2, 0.25) is 0 Å². The number of aromatic nitrogens is 1. The number of carboxylic acids is 1. The molecule has 6 heteroatoms. The van der Waals surface area contributed by atoms with Gasteiger partial charge in [-0.1, -0.05) is 30.3 Å². The molecular formula is C19H20N2O4. The lowest BCUT2D eigenvalue weighted by molar-refractivity contribution is 0.0690. The van der Waals surface area contributed by atoms with Crippen molar-refractivity contribution in [3.8, 4) is 0 Å². The molecule has 0 saturated carbocycles. The Labute approximate surface area is 145 Å². The summed E-state index contributed by atoms with van der Waals surface area (Å²) >= 11 is 0. The lowest BCUT2D eigenvalue weighted by Crippen LogP contribution is -2.30. The number of hydrogen-bond acceptors (Lipinski definition) is 4. The summed E-state index contributed by atoms with van der Waals surface area (Å²) in [6.45, 7) is 1.46. The SMILES string of the molecule is O=C(NC(CC1CCOC1)c1ccccc1)c1ccnc(C(=O)O)c1. The zero-order valence-corrected chi connectivity index (χ0v) is 13.7. The van der Waals surface area contributed by atoms with Crippen LogP contribution in [0.4, 0.5) is 0 Å². The minimum absolute atomic E-state index is 0.145. The van der Waals surface area contributed by atoms with Crippen LogP contribution in [0.25, 0.3) is 0 Å². The van der Waals surface area contributed by atoms with Gasteiger partial charge in [0.25, 0.3) is 5.91 Å². The zero-order chi connectivity index (χ0) is 17.6. The topological polar surface area (TPSA) is 88.5 Å². The van der Waals surface area contributed by atoms with E-state index in [1.807, 2.05) is 30.3 Å². The highest BCUT2D eigenvalue weighted by atomic mass is 16.5. The molecule has 0 radical (unpaired) electrons. The Morgan fingerprint density at radius 3 is 2.76 bits per heavy atom. The third-order valence-corrected chi connectivity index (χ3v) is 4.34. The number of nitrogens with zero attached hydrogens (tertiary/aromatic N) is 1. The first kappa shape index (κ1) is 17.1. The van der Waals surface area contributed by atoms with Crippen LogP contribution in [0.2, 0.25) is 0 Å². The molecule has 2 heterocycles. The normalized spacial score (nSPS) is 17.8. The molecule has 1 aliphatic heterocycles. The van der Waals surface area contributed by atoms with Gasteiger partial charge in [0, 0.05) is 25.0 Å². The molecule has 2 aromatic rings. The lowest BCUT2D eigenvalue weighted by Gasteiger charge is -2.22. The highest BCUT2D eigenvalue weighted by molar-refractivity contribution is 5.96. The van der Waals surface area contributed by atoms with Gasteiger partial charge in [-0.15, -0.1) is 0 Å². The standard InChI is InChI=1S/C19H20N2O4/c22-18(15-6-8-20-17(11-15)19(23)24)21-16(10-13-7-9-25-12-13)14-4-2-1-3-5-14/h1-6,8,11,13,16H,7,9-10,12H2,(H,21,22)(H,23,24). The van der Waals surface area contributed by atoms with Gasteiger partial charge in [-0.25, -0.2) is 9.78 Å². The number of aromatic carboxylic acids is 1. The van der Waals surface area contributed by atoms with Gasteiger partial charge in [0.1, 0.15) is 5.69 Å². The van der Waals surface area contributed by atoms with Crippen molar-refractivity contribution in [1.82, 2.24) is 10.3 Å². The number of hydrogen-bond donors (Lipinski definition) is 2. The van der Waals surface area contributed by atoms with E-state index < -0.39 is 5.97 Å². The highest BCUT2D eigenvalue weighted by Crippen LogP contribution is 2.26. The second kappa shape index (κ2) is 7.90. The fourth-order valence-electron chi connectivity index (χ4n) is 3.00. The van der Waals surface area contributed by atoms with Crippen LogP contribution in [0.3, 0.4) is 0 Å². The zero-order valence-electron chi connectivity index (χ0n) is 13.7. The average Bonchev–Trinajstić information content (AvgIpc) is 3.15. The molecule has 1 aliphatic rings. The van der Waals surface area contributed by atoms with Crippen molar-refractivity contribution in [3.05, 3.63) is 65.5 Å². The number of benzene rings is 1. The summed E-state index contributed by atoms with van der Waals surface area (Å²) in [6, 6.07) is 12.4. The second-order valence-electron chi connectivity index (χ2n) is 6.14. The van der Waals surface area contributed by atoms with Crippen LogP contribution in [0.1, 0.15) is 45.3 Å². The Kier molecular flexibility index (Phi) is 5.40. The fraction of sp³-hybridized carbons (Fsp3) is 0.316. The van der Waals surface area contributed by atoms with E-state index in [-0.39, 0.29) is 23.2 Å². The molecule has 2 N–H and O–H groups in total. The van der Waals surface area contributed by atoms with Crippen LogP contribution in [0, 0.1) is 5.92 Å². The summed E-state index contributed by atoms with van der Waals surface area (Å²) < 4.78 is 5.44. The van der Waals surface area contributed by atoms with Gasteiger partial charge in [0.05, 0.1) is 6.04 Å². The maximum absolute atomic E-state index is 12.6. The predicted molar refractivity (Wildman–Crippen MR) is 91.4 cm³/mol. The van der Waals surface area contributed by atoms with E-state index in [0.29, 0.717) is 12.5 Å². The van der Waals surface area contributed by atoms with E-state index in [2.05, 4.69) is 10.3 Å². The molecule has 3 rings (SSSR count). The van der Waals surface area contributed by atoms with Crippen LogP contribution in [0.5, 0.6) is 0 Å². The smallest absolute Gasteiger partial charge is 0.354 e. The number of carbonyl (C=O) groups excluding carboxylic acids is 1. The molecule has 25 heavy (non-hydrogen) atoms. The van der Waals surface area contributed by atoms with E-state index in [9.17, 15) is 9.59 Å². The Morgan fingerprint density at radius 2 is 2.08 bits per heavy atom. The third-order valence-electron chi connectivity index (χ3n) is 4.34. The van der Waals surface area contributed by atoms with Gasteiger partial charge >= 0.3 is 5.97 Å². The molecule has 1 aromatic carbocycles. The maximum atomic E-state index is 12.6. The molecular weight excluding hydrogens is 320 g/mol. The molecule has 2 unspecified atom stereocenters. The van der Waals surface area contributed by atoms with Crippen molar-refractivity contribution < 1.29 is 19.4 Å². The first-order valence-corrected chi connectivity index (χ1v) is 8.26. The molecule has 0 aliphatic carbocycles. The first-order valence-electron chi connectivity index (χ1n) is 8.26. The number of carboxylic acid groups (broad SMARTS) is 1. The van der Waals surface area contributed by atoms with Gasteiger partial charge in [-0.05, 0) is 36.5 Å². The Morgan fingerprint density at radius 1 is 1.28 bits per heavy atom. The molecule has 0 bridgehead atoms. The van der Waals surface area contributed by atoms with Crippen LogP contribution in [-0.2, 0) is 4.74 Å². The number of nitrogens with one attached hydrogen (secondary N) is 1. The quantitative estimate of drug-likeness (QED) is 0.844. The lowest BCUT2D eigenvalue weighted by atomic mass is 9.94. The number of ether oxygens (including phenoxy) is 1. The molecule has 6 nitrogen and oxygen atoms in total. The average molecular weight is 340 g/mol. The van der Waals surface area contributed by atoms with Gasteiger partial charge in [-0.2, -0.15) is 0 Å². The molecule has 0 spiro atoms. The van der Waals surface area contributed by atoms with E-state index in [1.165, 1.54) is 18.3 Å². The van der Waals surface area contributed by atoms with E-state index in [4.69, 9.17) is 9.84 Å². The van der Waals surface area contributed by atoms with E-state index >= 15 is 0 Å². The minimum atomic E-state index is -1.16. The molecule has 1 aromatic heterocycles. The van der Waals surface area contributed by atoms with Gasteiger partial charge < -0.3 is 15.2 Å². The summed E-state index contributed by atoms with van der Waals surface area (Å²) in [5, 5.41) is 12.1. The fourth-order valence-corrected chi connectivity index (χ4v) is 3.00. The second-order valence-corrected chi connectivity index (χ2v) is 6.14. The summed E-state index contributed by atoms with van der Waals surface area (Å²) in [5.74, 6) is -1.06. The van der Waals surface area contributed by atoms with Crippen molar-refractivity contribution in [3.63, 3.8) is 0 Å². The molecule has 1 saturated heterocycles. The van der Waals surface area contributed by atoms with Crippen molar-refractivity contribution in [2.24, 2.45) is 5.92 Å². The van der Waals surface area contributed by atoms with Crippen molar-refractivity contribution in [2.45, 2.75) is 18.9 Å². The molecule has 1 fully saturated rings. The van der Waals surface area contributed by atoms with Crippen molar-refractivity contribution >= 4 is 11.9 Å². The number of rotatable bonds is 6. The first-order chi connectivity index (χ1) is 12.1. The summed E-state index contributed by atoms with van der Waals surface area (Å²) in [6.07, 6.45) is 3.10. The minimum Gasteiger partial charge on any atom is -0.477 e. The summed E-state index contributed by atoms with van der Waals surface area (Å²) in [5.41, 5.74) is 1.17. The number of carbonyl (C=O) groups is 2.